The predicted octanol–water partition coefficient (Wildman–Crippen LogP) is 5.87. The molecule has 1 aromatic heterocycles. The molecule has 2 aromatic carbocycles. The molecule has 1 saturated heterocycles. The largest absolute Gasteiger partial charge is 0.507 e. The number of carbonyl (C=O) groups is 3. The van der Waals surface area contributed by atoms with Crippen LogP contribution in [-0.2, 0) is 19.7 Å². The van der Waals surface area contributed by atoms with Gasteiger partial charge >= 0.3 is 11.9 Å². The van der Waals surface area contributed by atoms with E-state index in [1.807, 2.05) is 31.2 Å². The second kappa shape index (κ2) is 10.6. The number of carbonyl (C=O) groups excluding carboxylic acids is 3. The van der Waals surface area contributed by atoms with Gasteiger partial charge in [0.15, 0.2) is 5.13 Å². The molecule has 204 valence electrons. The number of hydrogen-bond donors (Lipinski definition) is 1. The van der Waals surface area contributed by atoms with Gasteiger partial charge in [0.1, 0.15) is 16.4 Å². The lowest BCUT2D eigenvalue weighted by Crippen LogP contribution is -2.29. The van der Waals surface area contributed by atoms with Gasteiger partial charge in [0, 0.05) is 5.56 Å². The molecule has 1 aliphatic heterocycles. The number of ether oxygens (including phenoxy) is 2. The van der Waals surface area contributed by atoms with E-state index < -0.39 is 23.7 Å². The van der Waals surface area contributed by atoms with Crippen molar-refractivity contribution in [2.75, 3.05) is 18.6 Å². The summed E-state index contributed by atoms with van der Waals surface area (Å²) < 4.78 is 10.5. The van der Waals surface area contributed by atoms with Crippen LogP contribution in [0.3, 0.4) is 0 Å². The maximum absolute atomic E-state index is 13.5. The quantitative estimate of drug-likeness (QED) is 0.178. The fourth-order valence-corrected chi connectivity index (χ4v) is 5.55. The van der Waals surface area contributed by atoms with Crippen LogP contribution in [0.4, 0.5) is 5.13 Å². The summed E-state index contributed by atoms with van der Waals surface area (Å²) in [6, 6.07) is 11.7. The molecule has 0 bridgehead atoms. The monoisotopic (exact) mass is 548 g/mol. The van der Waals surface area contributed by atoms with Gasteiger partial charge in [-0.15, -0.1) is 0 Å². The van der Waals surface area contributed by atoms with Crippen LogP contribution in [0, 0.1) is 13.8 Å². The van der Waals surface area contributed by atoms with Gasteiger partial charge in [0.25, 0.3) is 5.78 Å². The van der Waals surface area contributed by atoms with E-state index in [-0.39, 0.29) is 33.4 Å². The molecule has 1 aliphatic rings. The topological polar surface area (TPSA) is 106 Å². The summed E-state index contributed by atoms with van der Waals surface area (Å²) in [6.07, 6.45) is 0. The van der Waals surface area contributed by atoms with Crippen molar-refractivity contribution in [3.05, 3.63) is 80.9 Å². The van der Waals surface area contributed by atoms with Gasteiger partial charge in [-0.2, -0.15) is 0 Å². The lowest BCUT2D eigenvalue weighted by atomic mass is 9.85. The number of hydrogen-bond acceptors (Lipinski definition) is 8. The first-order chi connectivity index (χ1) is 18.4. The van der Waals surface area contributed by atoms with Crippen molar-refractivity contribution >= 4 is 39.9 Å². The summed E-state index contributed by atoms with van der Waals surface area (Å²) in [4.78, 5) is 45.5. The zero-order valence-corrected chi connectivity index (χ0v) is 23.9. The van der Waals surface area contributed by atoms with E-state index >= 15 is 0 Å². The van der Waals surface area contributed by atoms with E-state index in [0.29, 0.717) is 22.6 Å². The number of benzene rings is 2. The lowest BCUT2D eigenvalue weighted by Gasteiger charge is -2.25. The fraction of sp³-hybridized carbons (Fsp3) is 0.333. The van der Waals surface area contributed by atoms with Crippen molar-refractivity contribution in [3.63, 3.8) is 0 Å². The minimum absolute atomic E-state index is 0.0568. The Morgan fingerprint density at radius 2 is 1.77 bits per heavy atom. The fourth-order valence-electron chi connectivity index (χ4n) is 4.56. The van der Waals surface area contributed by atoms with Crippen molar-refractivity contribution < 1.29 is 29.0 Å². The normalized spacial score (nSPS) is 17.0. The first-order valence-electron chi connectivity index (χ1n) is 12.6. The van der Waals surface area contributed by atoms with Gasteiger partial charge in [-0.1, -0.05) is 56.4 Å². The van der Waals surface area contributed by atoms with Gasteiger partial charge in [0.05, 0.1) is 31.0 Å². The van der Waals surface area contributed by atoms with Crippen LogP contribution in [0.25, 0.3) is 5.76 Å². The molecular weight excluding hydrogens is 516 g/mol. The summed E-state index contributed by atoms with van der Waals surface area (Å²) in [5.74, 6) is -1.89. The van der Waals surface area contributed by atoms with Gasteiger partial charge in [-0.3, -0.25) is 14.5 Å². The van der Waals surface area contributed by atoms with Crippen LogP contribution < -0.4 is 9.64 Å². The maximum atomic E-state index is 13.5. The van der Waals surface area contributed by atoms with Gasteiger partial charge < -0.3 is 14.6 Å². The number of thiazole rings is 1. The molecule has 1 unspecified atom stereocenters. The molecule has 9 heteroatoms. The Kier molecular flexibility index (Phi) is 7.66. The highest BCUT2D eigenvalue weighted by molar-refractivity contribution is 7.17. The van der Waals surface area contributed by atoms with Crippen molar-refractivity contribution in [1.29, 1.82) is 0 Å². The highest BCUT2D eigenvalue weighted by atomic mass is 32.1. The zero-order chi connectivity index (χ0) is 28.6. The van der Waals surface area contributed by atoms with Crippen LogP contribution in [0.1, 0.15) is 71.4 Å². The summed E-state index contributed by atoms with van der Waals surface area (Å²) in [7, 11) is 1.55. The smallest absolute Gasteiger partial charge is 0.350 e. The Labute approximate surface area is 231 Å². The van der Waals surface area contributed by atoms with Crippen molar-refractivity contribution in [3.8, 4) is 5.75 Å². The number of Topliss-reactive ketones (excluding diaryl/α,β-unsaturated/α-hetero) is 1. The SMILES string of the molecule is CCOC(=O)c1sc(N2C(=O)C(=O)C(=C(O)c3ccc(OC)c(C)c3)C2c2ccc(C(C)(C)C)cc2)nc1C. The second-order valence-corrected chi connectivity index (χ2v) is 11.3. The number of aryl methyl sites for hydroxylation is 2. The Balaban J connectivity index is 1.92. The number of methoxy groups -OCH3 is 1. The molecule has 0 spiro atoms. The van der Waals surface area contributed by atoms with E-state index in [1.54, 1.807) is 39.2 Å². The second-order valence-electron chi connectivity index (χ2n) is 10.4. The first kappa shape index (κ1) is 28.0. The summed E-state index contributed by atoms with van der Waals surface area (Å²) in [5, 5.41) is 11.6. The number of anilines is 1. The molecule has 1 amide bonds. The molecule has 1 fully saturated rings. The third-order valence-electron chi connectivity index (χ3n) is 6.66. The molecule has 0 saturated carbocycles. The number of aliphatic hydroxyl groups excluding tert-OH is 1. The number of rotatable bonds is 6. The third kappa shape index (κ3) is 5.18. The number of esters is 1. The molecule has 8 nitrogen and oxygen atoms in total. The van der Waals surface area contributed by atoms with E-state index in [0.717, 1.165) is 22.5 Å². The van der Waals surface area contributed by atoms with Crippen LogP contribution in [0.15, 0.2) is 48.0 Å². The summed E-state index contributed by atoms with van der Waals surface area (Å²) in [5.41, 5.74) is 3.06. The Bertz CT molecular complexity index is 1480. The minimum Gasteiger partial charge on any atom is -0.507 e. The standard InChI is InChI=1S/C30H32N2O6S/c1-8-38-28(36)26-17(3)31-29(39-26)32-23(18-9-12-20(13-10-18)30(4,5)6)22(25(34)27(32)35)24(33)19-11-14-21(37-7)16(2)15-19/h9-15,23,33H,8H2,1-7H3. The van der Waals surface area contributed by atoms with E-state index in [2.05, 4.69) is 25.8 Å². The number of amides is 1. The van der Waals surface area contributed by atoms with Crippen LogP contribution >= 0.6 is 11.3 Å². The predicted molar refractivity (Wildman–Crippen MR) is 150 cm³/mol. The number of nitrogens with zero attached hydrogens (tertiary/aromatic N) is 2. The van der Waals surface area contributed by atoms with E-state index in [4.69, 9.17) is 9.47 Å². The number of aromatic nitrogens is 1. The molecule has 0 aliphatic carbocycles. The third-order valence-corrected chi connectivity index (χ3v) is 7.79. The van der Waals surface area contributed by atoms with E-state index in [1.165, 1.54) is 4.90 Å². The summed E-state index contributed by atoms with van der Waals surface area (Å²) in [6.45, 7) is 11.6. The molecular formula is C30H32N2O6S. The average molecular weight is 549 g/mol. The minimum atomic E-state index is -0.956. The molecule has 3 aromatic rings. The number of aliphatic hydroxyl groups is 1. The van der Waals surface area contributed by atoms with Gasteiger partial charge in [-0.05, 0) is 61.1 Å². The van der Waals surface area contributed by atoms with Crippen LogP contribution in [0.2, 0.25) is 0 Å². The highest BCUT2D eigenvalue weighted by Gasteiger charge is 2.48. The first-order valence-corrected chi connectivity index (χ1v) is 13.4. The molecule has 39 heavy (non-hydrogen) atoms. The zero-order valence-electron chi connectivity index (χ0n) is 23.1. The van der Waals surface area contributed by atoms with Crippen LogP contribution in [0.5, 0.6) is 5.75 Å². The van der Waals surface area contributed by atoms with E-state index in [9.17, 15) is 19.5 Å². The van der Waals surface area contributed by atoms with Crippen molar-refractivity contribution in [1.82, 2.24) is 4.98 Å². The Morgan fingerprint density at radius 1 is 1.10 bits per heavy atom. The van der Waals surface area contributed by atoms with Crippen LogP contribution in [-0.4, -0.2) is 41.5 Å². The maximum Gasteiger partial charge on any atom is 0.350 e. The molecule has 1 N–H and O–H groups in total. The van der Waals surface area contributed by atoms with Crippen molar-refractivity contribution in [2.24, 2.45) is 0 Å². The molecule has 2 heterocycles. The summed E-state index contributed by atoms with van der Waals surface area (Å²) >= 11 is 0.980. The van der Waals surface area contributed by atoms with Crippen molar-refractivity contribution in [2.45, 2.75) is 53.0 Å². The molecule has 0 radical (unpaired) electrons. The Hall–Kier alpha value is -3.98. The average Bonchev–Trinajstić information content (AvgIpc) is 3.40. The Morgan fingerprint density at radius 3 is 2.33 bits per heavy atom. The van der Waals surface area contributed by atoms with Gasteiger partial charge in [-0.25, -0.2) is 9.78 Å². The molecule has 1 atom stereocenters. The number of ketones is 1. The highest BCUT2D eigenvalue weighted by Crippen LogP contribution is 2.44. The molecule has 4 rings (SSSR count). The lowest BCUT2D eigenvalue weighted by molar-refractivity contribution is -0.132. The van der Waals surface area contributed by atoms with Gasteiger partial charge in [0.2, 0.25) is 0 Å².